The molecule has 0 spiro atoms. The lowest BCUT2D eigenvalue weighted by atomic mass is 9.89. The number of ketones is 2. The third-order valence-electron chi connectivity index (χ3n) is 6.70. The summed E-state index contributed by atoms with van der Waals surface area (Å²) in [6.45, 7) is 10.9. The number of aromatic nitrogens is 3. The monoisotopic (exact) mass is 437 g/mol. The summed E-state index contributed by atoms with van der Waals surface area (Å²) in [7, 11) is 0. The first kappa shape index (κ1) is 22.3. The number of nitrogens with zero attached hydrogens (tertiary/aromatic N) is 3. The van der Waals surface area contributed by atoms with Crippen molar-refractivity contribution in [3.8, 4) is 0 Å². The number of hydrogen-bond acceptors (Lipinski definition) is 4. The third-order valence-corrected chi connectivity index (χ3v) is 6.70. The van der Waals surface area contributed by atoms with Crippen molar-refractivity contribution in [1.29, 1.82) is 0 Å². The van der Waals surface area contributed by atoms with Gasteiger partial charge in [-0.15, -0.1) is 5.10 Å². The zero-order chi connectivity index (χ0) is 23.7. The predicted molar refractivity (Wildman–Crippen MR) is 129 cm³/mol. The minimum absolute atomic E-state index is 0.0749. The van der Waals surface area contributed by atoms with E-state index in [1.807, 2.05) is 12.1 Å². The van der Waals surface area contributed by atoms with E-state index < -0.39 is 0 Å². The normalized spacial score (nSPS) is 10.9. The van der Waals surface area contributed by atoms with Crippen molar-refractivity contribution in [3.63, 3.8) is 0 Å². The van der Waals surface area contributed by atoms with Crippen LogP contribution in [0.4, 0.5) is 0 Å². The summed E-state index contributed by atoms with van der Waals surface area (Å²) in [6.07, 6.45) is 0. The fourth-order valence-corrected chi connectivity index (χ4v) is 4.22. The van der Waals surface area contributed by atoms with Crippen LogP contribution in [0.2, 0.25) is 0 Å². The second-order valence-corrected chi connectivity index (χ2v) is 8.44. The summed E-state index contributed by atoms with van der Waals surface area (Å²) in [5.74, 6) is -0.582. The molecule has 0 amide bonds. The average Bonchev–Trinajstić information content (AvgIpc) is 3.27. The molecule has 1 aromatic heterocycles. The molecule has 0 aliphatic rings. The number of hydrogen-bond donors (Lipinski definition) is 0. The summed E-state index contributed by atoms with van der Waals surface area (Å²) in [4.78, 5) is 26.9. The maximum Gasteiger partial charge on any atom is 0.215 e. The van der Waals surface area contributed by atoms with Crippen LogP contribution in [-0.2, 0) is 6.54 Å². The van der Waals surface area contributed by atoms with E-state index in [-0.39, 0.29) is 23.0 Å². The minimum atomic E-state index is -0.314. The molecule has 1 heterocycles. The molecule has 4 aromatic rings. The number of carbonyl (C=O) groups is 2. The van der Waals surface area contributed by atoms with Gasteiger partial charge in [0.05, 0.1) is 6.54 Å². The third kappa shape index (κ3) is 4.02. The van der Waals surface area contributed by atoms with Crippen molar-refractivity contribution < 1.29 is 9.59 Å². The lowest BCUT2D eigenvalue weighted by molar-refractivity contribution is 0.0995. The lowest BCUT2D eigenvalue weighted by Gasteiger charge is -2.19. The van der Waals surface area contributed by atoms with Gasteiger partial charge in [-0.05, 0) is 68.0 Å². The van der Waals surface area contributed by atoms with Crippen molar-refractivity contribution in [1.82, 2.24) is 15.0 Å². The fraction of sp³-hybridized carbons (Fsp3) is 0.214. The molecule has 5 nitrogen and oxygen atoms in total. The molecule has 0 saturated heterocycles. The van der Waals surface area contributed by atoms with Crippen molar-refractivity contribution >= 4 is 11.6 Å². The Balaban J connectivity index is 1.88. The van der Waals surface area contributed by atoms with Crippen LogP contribution < -0.4 is 0 Å². The van der Waals surface area contributed by atoms with Crippen LogP contribution in [0, 0.1) is 34.6 Å². The molecule has 0 N–H and O–H groups in total. The topological polar surface area (TPSA) is 64.8 Å². The van der Waals surface area contributed by atoms with Crippen molar-refractivity contribution in [2.75, 3.05) is 0 Å². The highest BCUT2D eigenvalue weighted by molar-refractivity contribution is 6.17. The Hall–Kier alpha value is -3.86. The smallest absolute Gasteiger partial charge is 0.215 e. The van der Waals surface area contributed by atoms with Crippen molar-refractivity contribution in [3.05, 3.63) is 117 Å². The Bertz CT molecular complexity index is 1320. The van der Waals surface area contributed by atoms with Gasteiger partial charge in [-0.2, -0.15) is 0 Å². The summed E-state index contributed by atoms with van der Waals surface area (Å²) >= 11 is 0. The Morgan fingerprint density at radius 3 is 1.64 bits per heavy atom. The zero-order valence-corrected chi connectivity index (χ0v) is 19.6. The van der Waals surface area contributed by atoms with E-state index in [4.69, 9.17) is 0 Å². The van der Waals surface area contributed by atoms with Crippen molar-refractivity contribution in [2.45, 2.75) is 41.2 Å². The number of rotatable bonds is 6. The molecule has 3 aromatic carbocycles. The molecular weight excluding hydrogens is 410 g/mol. The van der Waals surface area contributed by atoms with Gasteiger partial charge in [0.2, 0.25) is 11.6 Å². The van der Waals surface area contributed by atoms with Crippen LogP contribution in [0.1, 0.15) is 65.5 Å². The van der Waals surface area contributed by atoms with Gasteiger partial charge in [-0.25, -0.2) is 4.68 Å². The molecule has 0 aliphatic heterocycles. The highest BCUT2D eigenvalue weighted by Crippen LogP contribution is 2.27. The van der Waals surface area contributed by atoms with Crippen LogP contribution in [0.25, 0.3) is 0 Å². The molecule has 4 rings (SSSR count). The van der Waals surface area contributed by atoms with Gasteiger partial charge in [0.15, 0.2) is 5.69 Å². The summed E-state index contributed by atoms with van der Waals surface area (Å²) < 4.78 is 1.58. The van der Waals surface area contributed by atoms with E-state index >= 15 is 0 Å². The van der Waals surface area contributed by atoms with E-state index in [2.05, 4.69) is 44.9 Å². The first-order valence-corrected chi connectivity index (χ1v) is 11.0. The molecule has 166 valence electrons. The fourth-order valence-electron chi connectivity index (χ4n) is 4.22. The summed E-state index contributed by atoms with van der Waals surface area (Å²) in [5.41, 5.74) is 8.41. The maximum atomic E-state index is 13.6. The van der Waals surface area contributed by atoms with Gasteiger partial charge in [0, 0.05) is 11.1 Å². The maximum absolute atomic E-state index is 13.6. The molecule has 0 radical (unpaired) electrons. The van der Waals surface area contributed by atoms with Crippen LogP contribution in [0.5, 0.6) is 0 Å². The lowest BCUT2D eigenvalue weighted by Crippen LogP contribution is -2.18. The molecule has 5 heteroatoms. The average molecular weight is 438 g/mol. The second kappa shape index (κ2) is 8.94. The van der Waals surface area contributed by atoms with Gasteiger partial charge < -0.3 is 0 Å². The van der Waals surface area contributed by atoms with Crippen molar-refractivity contribution in [2.24, 2.45) is 0 Å². The zero-order valence-electron chi connectivity index (χ0n) is 19.6. The van der Waals surface area contributed by atoms with E-state index in [0.717, 1.165) is 5.56 Å². The quantitative estimate of drug-likeness (QED) is 0.383. The van der Waals surface area contributed by atoms with Gasteiger partial charge >= 0.3 is 0 Å². The van der Waals surface area contributed by atoms with E-state index in [1.54, 1.807) is 53.2 Å². The van der Waals surface area contributed by atoms with Gasteiger partial charge in [-0.1, -0.05) is 65.9 Å². The Kier molecular flexibility index (Phi) is 6.05. The highest BCUT2D eigenvalue weighted by Gasteiger charge is 2.28. The molecular formula is C28H27N3O2. The molecule has 0 unspecified atom stereocenters. The van der Waals surface area contributed by atoms with Gasteiger partial charge in [0.25, 0.3) is 0 Å². The first-order valence-electron chi connectivity index (χ1n) is 11.0. The minimum Gasteiger partial charge on any atom is -0.287 e. The van der Waals surface area contributed by atoms with Crippen LogP contribution >= 0.6 is 0 Å². The molecule has 0 aliphatic carbocycles. The van der Waals surface area contributed by atoms with Crippen LogP contribution in [0.15, 0.2) is 60.7 Å². The Labute approximate surface area is 194 Å². The molecule has 33 heavy (non-hydrogen) atoms. The number of benzene rings is 3. The SMILES string of the molecule is Cc1c(C)c(C)c(Cn2nnc(C(=O)c3ccccc3)c2C(=O)c2ccccc2)c(C)c1C. The number of carbonyl (C=O) groups excluding carboxylic acids is 2. The largest absolute Gasteiger partial charge is 0.287 e. The molecule has 0 fully saturated rings. The van der Waals surface area contributed by atoms with Crippen LogP contribution in [0.3, 0.4) is 0 Å². The first-order chi connectivity index (χ1) is 15.8. The molecule has 0 saturated carbocycles. The second-order valence-electron chi connectivity index (χ2n) is 8.44. The Morgan fingerprint density at radius 2 is 1.12 bits per heavy atom. The predicted octanol–water partition coefficient (Wildman–Crippen LogP) is 5.33. The van der Waals surface area contributed by atoms with E-state index in [9.17, 15) is 9.59 Å². The standard InChI is InChI=1S/C28H27N3O2/c1-17-18(2)20(4)24(21(5)19(17)3)16-31-26(28(33)23-14-10-7-11-15-23)25(29-30-31)27(32)22-12-8-6-9-13-22/h6-15H,16H2,1-5H3. The Morgan fingerprint density at radius 1 is 0.667 bits per heavy atom. The summed E-state index contributed by atoms with van der Waals surface area (Å²) in [5, 5.41) is 8.49. The van der Waals surface area contributed by atoms with Gasteiger partial charge in [-0.3, -0.25) is 9.59 Å². The van der Waals surface area contributed by atoms with E-state index in [0.29, 0.717) is 17.7 Å². The van der Waals surface area contributed by atoms with Crippen LogP contribution in [-0.4, -0.2) is 26.6 Å². The highest BCUT2D eigenvalue weighted by atomic mass is 16.1. The van der Waals surface area contributed by atoms with E-state index in [1.165, 1.54) is 27.8 Å². The molecule has 0 atom stereocenters. The summed E-state index contributed by atoms with van der Waals surface area (Å²) in [6, 6.07) is 17.8. The molecule has 0 bridgehead atoms. The van der Waals surface area contributed by atoms with Gasteiger partial charge in [0.1, 0.15) is 5.69 Å².